The molecular formula is C15H22O4. The molecule has 1 fully saturated rings. The summed E-state index contributed by atoms with van der Waals surface area (Å²) in [4.78, 5) is 0. The Morgan fingerprint density at radius 3 is 2.74 bits per heavy atom. The Bertz CT molecular complexity index is 368. The van der Waals surface area contributed by atoms with Gasteiger partial charge in [0, 0.05) is 5.56 Å². The van der Waals surface area contributed by atoms with E-state index in [4.69, 9.17) is 9.47 Å². The lowest BCUT2D eigenvalue weighted by Gasteiger charge is -2.36. The Balaban J connectivity index is 1.99. The highest BCUT2D eigenvalue weighted by molar-refractivity contribution is 5.16. The lowest BCUT2D eigenvalue weighted by Crippen LogP contribution is -2.47. The van der Waals surface area contributed by atoms with Gasteiger partial charge < -0.3 is 19.7 Å². The van der Waals surface area contributed by atoms with Crippen LogP contribution in [0.2, 0.25) is 0 Å². The maximum absolute atomic E-state index is 10.1. The van der Waals surface area contributed by atoms with Gasteiger partial charge in [-0.3, -0.25) is 0 Å². The number of hydrogen-bond acceptors (Lipinski definition) is 4. The van der Waals surface area contributed by atoms with Gasteiger partial charge in [0.25, 0.3) is 0 Å². The topological polar surface area (TPSA) is 58.9 Å². The molecule has 1 aromatic carbocycles. The summed E-state index contributed by atoms with van der Waals surface area (Å²) in [6.07, 6.45) is 0.0660. The zero-order valence-electron chi connectivity index (χ0n) is 11.2. The number of aliphatic hydroxyl groups excluding tert-OH is 2. The van der Waals surface area contributed by atoms with Gasteiger partial charge in [0.2, 0.25) is 0 Å². The van der Waals surface area contributed by atoms with Crippen LogP contribution in [0.25, 0.3) is 0 Å². The molecule has 4 nitrogen and oxygen atoms in total. The Kier molecular flexibility index (Phi) is 5.34. The molecule has 0 amide bonds. The fourth-order valence-electron chi connectivity index (χ4n) is 2.26. The standard InChI is InChI=1S/C15H22O4/c1-2-3-9-12(16)14-13(17)10-18-15(19-14)11-7-5-4-6-8-11/h4-8,12-17H,2-3,9-10H2,1H3/t12-,13?,14?,15?/m1/s1. The van der Waals surface area contributed by atoms with E-state index < -0.39 is 24.6 Å². The molecule has 2 rings (SSSR count). The largest absolute Gasteiger partial charge is 0.390 e. The van der Waals surface area contributed by atoms with Crippen LogP contribution in [-0.4, -0.2) is 35.1 Å². The fourth-order valence-corrected chi connectivity index (χ4v) is 2.26. The van der Waals surface area contributed by atoms with Crippen molar-refractivity contribution in [2.24, 2.45) is 0 Å². The average Bonchev–Trinajstić information content (AvgIpc) is 2.46. The third kappa shape index (κ3) is 3.76. The van der Waals surface area contributed by atoms with Crippen molar-refractivity contribution < 1.29 is 19.7 Å². The van der Waals surface area contributed by atoms with Crippen molar-refractivity contribution in [1.82, 2.24) is 0 Å². The molecule has 4 heteroatoms. The Hall–Kier alpha value is -0.940. The highest BCUT2D eigenvalue weighted by Gasteiger charge is 2.35. The Morgan fingerprint density at radius 1 is 1.32 bits per heavy atom. The minimum atomic E-state index is -0.771. The fraction of sp³-hybridized carbons (Fsp3) is 0.600. The first-order chi connectivity index (χ1) is 9.22. The van der Waals surface area contributed by atoms with Crippen LogP contribution in [0.15, 0.2) is 30.3 Å². The first-order valence-corrected chi connectivity index (χ1v) is 6.90. The van der Waals surface area contributed by atoms with Crippen molar-refractivity contribution in [1.29, 1.82) is 0 Å². The summed E-state index contributed by atoms with van der Waals surface area (Å²) < 4.78 is 11.2. The van der Waals surface area contributed by atoms with Crippen molar-refractivity contribution >= 4 is 0 Å². The van der Waals surface area contributed by atoms with Gasteiger partial charge >= 0.3 is 0 Å². The first kappa shape index (κ1) is 14.5. The van der Waals surface area contributed by atoms with Crippen LogP contribution in [-0.2, 0) is 9.47 Å². The van der Waals surface area contributed by atoms with Crippen molar-refractivity contribution in [3.8, 4) is 0 Å². The summed E-state index contributed by atoms with van der Waals surface area (Å²) in [5.74, 6) is 0. The second-order valence-electron chi connectivity index (χ2n) is 4.95. The SMILES string of the molecule is CCCC[C@@H](O)C1OC(c2ccccc2)OCC1O. The zero-order valence-corrected chi connectivity index (χ0v) is 11.2. The molecule has 0 aromatic heterocycles. The van der Waals surface area contributed by atoms with Crippen LogP contribution in [0.3, 0.4) is 0 Å². The minimum absolute atomic E-state index is 0.188. The summed E-state index contributed by atoms with van der Waals surface area (Å²) in [5, 5.41) is 20.0. The Morgan fingerprint density at radius 2 is 2.05 bits per heavy atom. The maximum atomic E-state index is 10.1. The van der Waals surface area contributed by atoms with E-state index in [-0.39, 0.29) is 6.61 Å². The lowest BCUT2D eigenvalue weighted by atomic mass is 10.0. The summed E-state index contributed by atoms with van der Waals surface area (Å²) >= 11 is 0. The van der Waals surface area contributed by atoms with Gasteiger partial charge in [0.1, 0.15) is 12.2 Å². The molecule has 4 atom stereocenters. The third-order valence-corrected chi connectivity index (χ3v) is 3.38. The van der Waals surface area contributed by atoms with Crippen molar-refractivity contribution in [2.75, 3.05) is 6.61 Å². The molecule has 19 heavy (non-hydrogen) atoms. The van der Waals surface area contributed by atoms with E-state index in [1.165, 1.54) is 0 Å². The Labute approximate surface area is 114 Å². The minimum Gasteiger partial charge on any atom is -0.390 e. The van der Waals surface area contributed by atoms with E-state index in [0.29, 0.717) is 6.42 Å². The molecule has 106 valence electrons. The van der Waals surface area contributed by atoms with Gasteiger partial charge in [-0.1, -0.05) is 50.1 Å². The van der Waals surface area contributed by atoms with Gasteiger partial charge in [-0.15, -0.1) is 0 Å². The van der Waals surface area contributed by atoms with Crippen molar-refractivity contribution in [3.63, 3.8) is 0 Å². The van der Waals surface area contributed by atoms with Crippen LogP contribution >= 0.6 is 0 Å². The maximum Gasteiger partial charge on any atom is 0.184 e. The third-order valence-electron chi connectivity index (χ3n) is 3.38. The van der Waals surface area contributed by atoms with Crippen molar-refractivity contribution in [3.05, 3.63) is 35.9 Å². The molecule has 1 aliphatic heterocycles. The molecule has 0 bridgehead atoms. The highest BCUT2D eigenvalue weighted by Crippen LogP contribution is 2.28. The van der Waals surface area contributed by atoms with Gasteiger partial charge in [-0.25, -0.2) is 0 Å². The van der Waals surface area contributed by atoms with E-state index >= 15 is 0 Å². The van der Waals surface area contributed by atoms with Crippen LogP contribution in [0, 0.1) is 0 Å². The number of hydrogen-bond donors (Lipinski definition) is 2. The van der Waals surface area contributed by atoms with Crippen LogP contribution in [0.5, 0.6) is 0 Å². The number of rotatable bonds is 5. The molecule has 1 heterocycles. The summed E-state index contributed by atoms with van der Waals surface area (Å²) in [6.45, 7) is 2.26. The van der Waals surface area contributed by atoms with Crippen molar-refractivity contribution in [2.45, 2.75) is 50.8 Å². The molecule has 0 saturated carbocycles. The predicted octanol–water partition coefficient (Wildman–Crippen LogP) is 2.01. The number of aliphatic hydroxyl groups is 2. The second kappa shape index (κ2) is 7.01. The molecular weight excluding hydrogens is 244 g/mol. The first-order valence-electron chi connectivity index (χ1n) is 6.90. The highest BCUT2D eigenvalue weighted by atomic mass is 16.7. The van der Waals surface area contributed by atoms with Crippen LogP contribution in [0.4, 0.5) is 0 Å². The van der Waals surface area contributed by atoms with Gasteiger partial charge in [-0.2, -0.15) is 0 Å². The quantitative estimate of drug-likeness (QED) is 0.856. The molecule has 1 saturated heterocycles. The molecule has 0 spiro atoms. The van der Waals surface area contributed by atoms with Crippen LogP contribution in [0.1, 0.15) is 38.0 Å². The number of benzene rings is 1. The number of unbranched alkanes of at least 4 members (excludes halogenated alkanes) is 1. The molecule has 1 aliphatic rings. The van der Waals surface area contributed by atoms with E-state index in [0.717, 1.165) is 18.4 Å². The smallest absolute Gasteiger partial charge is 0.184 e. The van der Waals surface area contributed by atoms with Crippen LogP contribution < -0.4 is 0 Å². The van der Waals surface area contributed by atoms with E-state index in [2.05, 4.69) is 6.92 Å². The van der Waals surface area contributed by atoms with E-state index in [1.54, 1.807) is 0 Å². The zero-order chi connectivity index (χ0) is 13.7. The molecule has 3 unspecified atom stereocenters. The van der Waals surface area contributed by atoms with Gasteiger partial charge in [0.05, 0.1) is 12.7 Å². The molecule has 1 aromatic rings. The average molecular weight is 266 g/mol. The van der Waals surface area contributed by atoms with E-state index in [1.807, 2.05) is 30.3 Å². The second-order valence-corrected chi connectivity index (χ2v) is 4.95. The predicted molar refractivity (Wildman–Crippen MR) is 71.5 cm³/mol. The summed E-state index contributed by atoms with van der Waals surface area (Å²) in [6, 6.07) is 9.58. The molecule has 2 N–H and O–H groups in total. The van der Waals surface area contributed by atoms with E-state index in [9.17, 15) is 10.2 Å². The number of ether oxygens (including phenoxy) is 2. The monoisotopic (exact) mass is 266 g/mol. The molecule has 0 radical (unpaired) electrons. The lowest BCUT2D eigenvalue weighted by molar-refractivity contribution is -0.276. The van der Waals surface area contributed by atoms with Gasteiger partial charge in [0.15, 0.2) is 6.29 Å². The summed E-state index contributed by atoms with van der Waals surface area (Å²) in [7, 11) is 0. The molecule has 0 aliphatic carbocycles. The summed E-state index contributed by atoms with van der Waals surface area (Å²) in [5.41, 5.74) is 0.905. The normalized spacial score (nSPS) is 29.1. The van der Waals surface area contributed by atoms with Gasteiger partial charge in [-0.05, 0) is 6.42 Å².